The first-order valence-corrected chi connectivity index (χ1v) is 5.92. The Labute approximate surface area is 90.6 Å². The molecule has 0 fully saturated rings. The maximum Gasteiger partial charge on any atom is 0.0522 e. The first kappa shape index (κ1) is 11.2. The number of rotatable bonds is 0. The van der Waals surface area contributed by atoms with Crippen LogP contribution in [0.15, 0.2) is 35.4 Å². The first-order chi connectivity index (χ1) is 6.75. The topological polar surface area (TPSA) is 12.0 Å². The van der Waals surface area contributed by atoms with Gasteiger partial charge in [-0.05, 0) is 24.6 Å². The number of hydrogen-bond acceptors (Lipinski definition) is 2. The van der Waals surface area contributed by atoms with Crippen molar-refractivity contribution in [1.29, 1.82) is 0 Å². The summed E-state index contributed by atoms with van der Waals surface area (Å²) in [7, 11) is 0. The summed E-state index contributed by atoms with van der Waals surface area (Å²) in [6, 6.07) is 6.46. The average molecular weight is 207 g/mol. The van der Waals surface area contributed by atoms with Gasteiger partial charge in [0.15, 0.2) is 0 Å². The lowest BCUT2D eigenvalue weighted by atomic mass is 10.2. The van der Waals surface area contributed by atoms with Gasteiger partial charge in [0, 0.05) is 16.3 Å². The Morgan fingerprint density at radius 3 is 2.79 bits per heavy atom. The van der Waals surface area contributed by atoms with Gasteiger partial charge in [-0.2, -0.15) is 0 Å². The van der Waals surface area contributed by atoms with Crippen LogP contribution in [0.4, 0.5) is 5.69 Å². The molecule has 0 saturated heterocycles. The van der Waals surface area contributed by atoms with Gasteiger partial charge in [0.2, 0.25) is 0 Å². The Hall–Kier alpha value is -0.890. The highest BCUT2D eigenvalue weighted by Crippen LogP contribution is 2.34. The molecule has 0 saturated carbocycles. The Kier molecular flexibility index (Phi) is 4.08. The van der Waals surface area contributed by atoms with Gasteiger partial charge in [0.05, 0.1) is 5.69 Å². The number of nitrogens with one attached hydrogen (secondary N) is 1. The highest BCUT2D eigenvalue weighted by molar-refractivity contribution is 7.99. The van der Waals surface area contributed by atoms with Crippen LogP contribution in [-0.2, 0) is 0 Å². The Morgan fingerprint density at radius 2 is 2.07 bits per heavy atom. The SMILES string of the molecule is C=C1CSc2ccc(C)cc2N1.CC. The van der Waals surface area contributed by atoms with Gasteiger partial charge in [-0.15, -0.1) is 11.8 Å². The standard InChI is InChI=1S/C10H11NS.C2H6/c1-7-3-4-10-9(5-7)11-8(2)6-12-10;1-2/h3-5,11H,2,6H2,1H3;1-2H3. The van der Waals surface area contributed by atoms with E-state index in [2.05, 4.69) is 37.0 Å². The molecule has 2 rings (SSSR count). The minimum atomic E-state index is 0.982. The lowest BCUT2D eigenvalue weighted by Gasteiger charge is -2.19. The number of anilines is 1. The molecule has 1 aromatic carbocycles. The van der Waals surface area contributed by atoms with Gasteiger partial charge in [-0.1, -0.05) is 26.5 Å². The van der Waals surface area contributed by atoms with E-state index in [1.54, 1.807) is 0 Å². The lowest BCUT2D eigenvalue weighted by Crippen LogP contribution is -2.06. The molecule has 0 atom stereocenters. The molecular weight excluding hydrogens is 190 g/mol. The third-order valence-corrected chi connectivity index (χ3v) is 3.01. The highest BCUT2D eigenvalue weighted by Gasteiger charge is 2.10. The number of thioether (sulfide) groups is 1. The zero-order chi connectivity index (χ0) is 10.6. The van der Waals surface area contributed by atoms with Crippen molar-refractivity contribution >= 4 is 17.4 Å². The van der Waals surface area contributed by atoms with Gasteiger partial charge in [-0.3, -0.25) is 0 Å². The zero-order valence-electron chi connectivity index (χ0n) is 9.05. The molecule has 0 amide bonds. The number of benzene rings is 1. The molecule has 0 aliphatic carbocycles. The lowest BCUT2D eigenvalue weighted by molar-refractivity contribution is 1.28. The quantitative estimate of drug-likeness (QED) is 0.688. The van der Waals surface area contributed by atoms with Crippen molar-refractivity contribution in [2.75, 3.05) is 11.1 Å². The first-order valence-electron chi connectivity index (χ1n) is 4.94. The van der Waals surface area contributed by atoms with E-state index in [1.165, 1.54) is 16.1 Å². The monoisotopic (exact) mass is 207 g/mol. The van der Waals surface area contributed by atoms with E-state index >= 15 is 0 Å². The van der Waals surface area contributed by atoms with Crippen LogP contribution in [0.3, 0.4) is 0 Å². The van der Waals surface area contributed by atoms with E-state index in [0.29, 0.717) is 0 Å². The second-order valence-electron chi connectivity index (χ2n) is 3.02. The van der Waals surface area contributed by atoms with E-state index < -0.39 is 0 Å². The van der Waals surface area contributed by atoms with Gasteiger partial charge in [0.25, 0.3) is 0 Å². The van der Waals surface area contributed by atoms with Crippen molar-refractivity contribution in [2.24, 2.45) is 0 Å². The number of aryl methyl sites for hydroxylation is 1. The van der Waals surface area contributed by atoms with Gasteiger partial charge >= 0.3 is 0 Å². The normalized spacial score (nSPS) is 13.5. The van der Waals surface area contributed by atoms with E-state index in [9.17, 15) is 0 Å². The fraction of sp³-hybridized carbons (Fsp3) is 0.333. The molecular formula is C12H17NS. The Bertz CT molecular complexity index is 331. The van der Waals surface area contributed by atoms with E-state index in [1.807, 2.05) is 25.6 Å². The van der Waals surface area contributed by atoms with E-state index in [0.717, 1.165) is 11.4 Å². The van der Waals surface area contributed by atoms with Crippen molar-refractivity contribution in [2.45, 2.75) is 25.7 Å². The van der Waals surface area contributed by atoms with Crippen LogP contribution in [0.5, 0.6) is 0 Å². The predicted octanol–water partition coefficient (Wildman–Crippen LogP) is 4.05. The maximum atomic E-state index is 3.91. The van der Waals surface area contributed by atoms with Crippen LogP contribution >= 0.6 is 11.8 Å². The minimum Gasteiger partial charge on any atom is -0.358 e. The number of fused-ring (bicyclic) bond motifs is 1. The molecule has 1 aliphatic rings. The summed E-state index contributed by atoms with van der Waals surface area (Å²) in [6.45, 7) is 10.0. The fourth-order valence-electron chi connectivity index (χ4n) is 1.26. The fourth-order valence-corrected chi connectivity index (χ4v) is 2.09. The van der Waals surface area contributed by atoms with Crippen molar-refractivity contribution in [3.05, 3.63) is 36.0 Å². The predicted molar refractivity (Wildman–Crippen MR) is 66.0 cm³/mol. The molecule has 1 aliphatic heterocycles. The maximum absolute atomic E-state index is 3.91. The molecule has 1 N–H and O–H groups in total. The molecule has 0 unspecified atom stereocenters. The summed E-state index contributed by atoms with van der Waals surface area (Å²) in [5, 5.41) is 3.29. The molecule has 0 spiro atoms. The van der Waals surface area contributed by atoms with Crippen LogP contribution in [0.2, 0.25) is 0 Å². The van der Waals surface area contributed by atoms with Crippen LogP contribution in [0, 0.1) is 6.92 Å². The van der Waals surface area contributed by atoms with Gasteiger partial charge in [0.1, 0.15) is 0 Å². The third kappa shape index (κ3) is 2.55. The number of hydrogen-bond donors (Lipinski definition) is 1. The third-order valence-electron chi connectivity index (χ3n) is 1.85. The molecule has 1 aromatic rings. The Morgan fingerprint density at radius 1 is 1.36 bits per heavy atom. The summed E-state index contributed by atoms with van der Waals surface area (Å²) in [5.74, 6) is 0.982. The van der Waals surface area contributed by atoms with Crippen LogP contribution < -0.4 is 5.32 Å². The minimum absolute atomic E-state index is 0.982. The zero-order valence-corrected chi connectivity index (χ0v) is 9.87. The van der Waals surface area contributed by atoms with Crippen molar-refractivity contribution in [1.82, 2.24) is 0 Å². The van der Waals surface area contributed by atoms with Crippen LogP contribution in [-0.4, -0.2) is 5.75 Å². The molecule has 0 aromatic heterocycles. The molecule has 2 heteroatoms. The molecule has 76 valence electrons. The molecule has 0 bridgehead atoms. The van der Waals surface area contributed by atoms with E-state index in [-0.39, 0.29) is 0 Å². The second-order valence-corrected chi connectivity index (χ2v) is 4.03. The summed E-state index contributed by atoms with van der Waals surface area (Å²) < 4.78 is 0. The second kappa shape index (κ2) is 5.11. The smallest absolute Gasteiger partial charge is 0.0522 e. The summed E-state index contributed by atoms with van der Waals surface area (Å²) in [5.41, 5.74) is 3.59. The molecule has 1 heterocycles. The molecule has 1 nitrogen and oxygen atoms in total. The van der Waals surface area contributed by atoms with Crippen molar-refractivity contribution in [3.63, 3.8) is 0 Å². The van der Waals surface area contributed by atoms with Crippen LogP contribution in [0.25, 0.3) is 0 Å². The van der Waals surface area contributed by atoms with Crippen molar-refractivity contribution in [3.8, 4) is 0 Å². The van der Waals surface area contributed by atoms with Crippen LogP contribution in [0.1, 0.15) is 19.4 Å². The largest absolute Gasteiger partial charge is 0.358 e. The average Bonchev–Trinajstić information content (AvgIpc) is 2.20. The van der Waals surface area contributed by atoms with Crippen molar-refractivity contribution < 1.29 is 0 Å². The van der Waals surface area contributed by atoms with Gasteiger partial charge in [-0.25, -0.2) is 0 Å². The molecule has 0 radical (unpaired) electrons. The van der Waals surface area contributed by atoms with Gasteiger partial charge < -0.3 is 5.32 Å². The highest BCUT2D eigenvalue weighted by atomic mass is 32.2. The summed E-state index contributed by atoms with van der Waals surface area (Å²) in [6.07, 6.45) is 0. The Balaban J connectivity index is 0.000000461. The summed E-state index contributed by atoms with van der Waals surface area (Å²) in [4.78, 5) is 1.33. The van der Waals surface area contributed by atoms with E-state index in [4.69, 9.17) is 0 Å². The summed E-state index contributed by atoms with van der Waals surface area (Å²) >= 11 is 1.84. The molecule has 14 heavy (non-hydrogen) atoms.